The van der Waals surface area contributed by atoms with E-state index in [0.717, 1.165) is 24.0 Å². The molecule has 0 atom stereocenters. The molecule has 0 aliphatic carbocycles. The number of carbonyl (C=O) groups excluding carboxylic acids is 1. The first-order chi connectivity index (χ1) is 12.6. The van der Waals surface area contributed by atoms with Crippen LogP contribution in [-0.4, -0.2) is 41.4 Å². The minimum atomic E-state index is -0.929. The molecule has 5 heteroatoms. The van der Waals surface area contributed by atoms with Gasteiger partial charge < -0.3 is 19.5 Å². The molecule has 2 rings (SSSR count). The van der Waals surface area contributed by atoms with Gasteiger partial charge in [-0.15, -0.1) is 0 Å². The zero-order chi connectivity index (χ0) is 20.1. The van der Waals surface area contributed by atoms with Gasteiger partial charge in [-0.25, -0.2) is 4.79 Å². The van der Waals surface area contributed by atoms with Gasteiger partial charge in [-0.3, -0.25) is 0 Å². The van der Waals surface area contributed by atoms with Gasteiger partial charge in [-0.1, -0.05) is 44.2 Å². The lowest BCUT2D eigenvalue weighted by molar-refractivity contribution is -0.0356. The zero-order valence-electron chi connectivity index (χ0n) is 17.1. The summed E-state index contributed by atoms with van der Waals surface area (Å²) in [7, 11) is 0. The molecule has 27 heavy (non-hydrogen) atoms. The maximum Gasteiger partial charge on any atom is 0.410 e. The van der Waals surface area contributed by atoms with E-state index < -0.39 is 11.2 Å². The minimum Gasteiger partial charge on any atom is -0.494 e. The van der Waals surface area contributed by atoms with Crippen molar-refractivity contribution in [3.8, 4) is 0 Å². The number of nitrogens with zero attached hydrogens (tertiary/aromatic N) is 1. The number of ether oxygens (including phenoxy) is 2. The van der Waals surface area contributed by atoms with Crippen LogP contribution in [-0.2, 0) is 15.1 Å². The average molecular weight is 376 g/mol. The summed E-state index contributed by atoms with van der Waals surface area (Å²) in [6, 6.07) is 7.71. The number of benzene rings is 1. The van der Waals surface area contributed by atoms with Crippen molar-refractivity contribution in [2.75, 3.05) is 19.7 Å². The zero-order valence-corrected chi connectivity index (χ0v) is 17.1. The van der Waals surface area contributed by atoms with Crippen molar-refractivity contribution in [1.29, 1.82) is 0 Å². The first kappa shape index (κ1) is 21.3. The van der Waals surface area contributed by atoms with Crippen LogP contribution in [0, 0.1) is 0 Å². The number of aliphatic hydroxyl groups is 1. The van der Waals surface area contributed by atoms with Crippen molar-refractivity contribution < 1.29 is 19.4 Å². The number of hydrogen-bond donors (Lipinski definition) is 1. The van der Waals surface area contributed by atoms with Crippen LogP contribution in [0.2, 0.25) is 0 Å². The Hall–Kier alpha value is -2.01. The molecule has 1 aromatic carbocycles. The number of amides is 1. The van der Waals surface area contributed by atoms with E-state index in [2.05, 4.69) is 13.5 Å². The van der Waals surface area contributed by atoms with E-state index in [1.54, 1.807) is 4.90 Å². The highest BCUT2D eigenvalue weighted by molar-refractivity contribution is 5.68. The molecule has 1 amide bonds. The van der Waals surface area contributed by atoms with E-state index in [9.17, 15) is 9.90 Å². The molecule has 1 N–H and O–H groups in total. The lowest BCUT2D eigenvalue weighted by Crippen LogP contribution is -2.46. The number of rotatable bonds is 6. The van der Waals surface area contributed by atoms with Crippen LogP contribution >= 0.6 is 0 Å². The van der Waals surface area contributed by atoms with Gasteiger partial charge in [-0.05, 0) is 45.6 Å². The van der Waals surface area contributed by atoms with E-state index in [1.807, 2.05) is 45.0 Å². The average Bonchev–Trinajstić information content (AvgIpc) is 2.61. The van der Waals surface area contributed by atoms with Crippen LogP contribution in [0.25, 0.3) is 5.76 Å². The van der Waals surface area contributed by atoms with Gasteiger partial charge in [0.05, 0.1) is 12.2 Å². The van der Waals surface area contributed by atoms with Crippen molar-refractivity contribution in [3.05, 3.63) is 42.0 Å². The Morgan fingerprint density at radius 2 is 1.81 bits per heavy atom. The highest BCUT2D eigenvalue weighted by Crippen LogP contribution is 2.34. The monoisotopic (exact) mass is 375 g/mol. The third kappa shape index (κ3) is 5.99. The molecule has 1 fully saturated rings. The molecular formula is C22H33NO4. The molecule has 1 saturated heterocycles. The van der Waals surface area contributed by atoms with Crippen LogP contribution in [0.5, 0.6) is 0 Å². The van der Waals surface area contributed by atoms with Crippen molar-refractivity contribution >= 4 is 11.9 Å². The van der Waals surface area contributed by atoms with Crippen LogP contribution in [0.3, 0.4) is 0 Å². The molecule has 0 aromatic heterocycles. The van der Waals surface area contributed by atoms with Crippen LogP contribution < -0.4 is 0 Å². The van der Waals surface area contributed by atoms with Crippen molar-refractivity contribution in [1.82, 2.24) is 4.90 Å². The van der Waals surface area contributed by atoms with Gasteiger partial charge in [0, 0.05) is 18.7 Å². The lowest BCUT2D eigenvalue weighted by atomic mass is 9.84. The summed E-state index contributed by atoms with van der Waals surface area (Å²) >= 11 is 0. The number of carbonyl (C=O) groups is 1. The number of piperidine rings is 1. The second-order valence-corrected chi connectivity index (χ2v) is 8.20. The fourth-order valence-electron chi connectivity index (χ4n) is 3.06. The van der Waals surface area contributed by atoms with Gasteiger partial charge >= 0.3 is 6.09 Å². The summed E-state index contributed by atoms with van der Waals surface area (Å²) in [5.41, 5.74) is 0.338. The Morgan fingerprint density at radius 1 is 1.22 bits per heavy atom. The smallest absolute Gasteiger partial charge is 0.410 e. The molecule has 0 saturated carbocycles. The quantitative estimate of drug-likeness (QED) is 0.579. The molecule has 1 aliphatic rings. The fourth-order valence-corrected chi connectivity index (χ4v) is 3.06. The SMILES string of the molecule is C=C(OCCCC)c1ccc(C2(O)CCN(C(=O)OC(C)(C)C)CC2)cc1. The van der Waals surface area contributed by atoms with E-state index >= 15 is 0 Å². The molecule has 1 heterocycles. The van der Waals surface area contributed by atoms with Gasteiger partial charge in [0.1, 0.15) is 11.4 Å². The second-order valence-electron chi connectivity index (χ2n) is 8.20. The van der Waals surface area contributed by atoms with E-state index in [-0.39, 0.29) is 6.09 Å². The summed E-state index contributed by atoms with van der Waals surface area (Å²) in [5, 5.41) is 11.0. The Labute approximate surface area is 163 Å². The highest BCUT2D eigenvalue weighted by atomic mass is 16.6. The topological polar surface area (TPSA) is 59.0 Å². The summed E-state index contributed by atoms with van der Waals surface area (Å²) in [6.07, 6.45) is 2.74. The normalized spacial score (nSPS) is 16.7. The Kier molecular flexibility index (Phi) is 6.93. The molecule has 150 valence electrons. The van der Waals surface area contributed by atoms with Crippen LogP contribution in [0.15, 0.2) is 30.8 Å². The number of hydrogen-bond acceptors (Lipinski definition) is 4. The summed E-state index contributed by atoms with van der Waals surface area (Å²) in [6.45, 7) is 13.3. The predicted molar refractivity (Wildman–Crippen MR) is 107 cm³/mol. The molecule has 5 nitrogen and oxygen atoms in total. The third-order valence-corrected chi connectivity index (χ3v) is 4.76. The molecular weight excluding hydrogens is 342 g/mol. The number of likely N-dealkylation sites (tertiary alicyclic amines) is 1. The minimum absolute atomic E-state index is 0.319. The first-order valence-electron chi connectivity index (χ1n) is 9.77. The van der Waals surface area contributed by atoms with E-state index in [1.165, 1.54) is 0 Å². The Morgan fingerprint density at radius 3 is 2.33 bits per heavy atom. The Balaban J connectivity index is 1.95. The van der Waals surface area contributed by atoms with Gasteiger partial charge in [-0.2, -0.15) is 0 Å². The molecule has 1 aliphatic heterocycles. The lowest BCUT2D eigenvalue weighted by Gasteiger charge is -2.39. The first-order valence-corrected chi connectivity index (χ1v) is 9.77. The van der Waals surface area contributed by atoms with E-state index in [0.29, 0.717) is 38.3 Å². The Bertz CT molecular complexity index is 637. The largest absolute Gasteiger partial charge is 0.494 e. The van der Waals surface area contributed by atoms with Crippen LogP contribution in [0.4, 0.5) is 4.79 Å². The second kappa shape index (κ2) is 8.79. The number of unbranched alkanes of at least 4 members (excludes halogenated alkanes) is 1. The fraction of sp³-hybridized carbons (Fsp3) is 0.591. The molecule has 1 aromatic rings. The maximum absolute atomic E-state index is 12.2. The maximum atomic E-state index is 12.2. The summed E-state index contributed by atoms with van der Waals surface area (Å²) in [5.74, 6) is 0.654. The molecule has 0 radical (unpaired) electrons. The van der Waals surface area contributed by atoms with Crippen molar-refractivity contribution in [3.63, 3.8) is 0 Å². The summed E-state index contributed by atoms with van der Waals surface area (Å²) < 4.78 is 11.1. The predicted octanol–water partition coefficient (Wildman–Crippen LogP) is 4.69. The standard InChI is InChI=1S/C22H33NO4/c1-6-7-16-26-17(2)18-8-10-19(11-9-18)22(25)12-14-23(15-13-22)20(24)27-21(3,4)5/h8-11,25H,2,6-7,12-16H2,1,3-5H3. The molecule has 0 unspecified atom stereocenters. The van der Waals surface area contributed by atoms with Gasteiger partial charge in [0.15, 0.2) is 0 Å². The van der Waals surface area contributed by atoms with E-state index in [4.69, 9.17) is 9.47 Å². The van der Waals surface area contributed by atoms with Gasteiger partial charge in [0.2, 0.25) is 0 Å². The van der Waals surface area contributed by atoms with Crippen molar-refractivity contribution in [2.45, 2.75) is 64.6 Å². The third-order valence-electron chi connectivity index (χ3n) is 4.76. The molecule has 0 spiro atoms. The summed E-state index contributed by atoms with van der Waals surface area (Å²) in [4.78, 5) is 13.9. The van der Waals surface area contributed by atoms with Crippen LogP contribution in [0.1, 0.15) is 64.5 Å². The molecule has 0 bridgehead atoms. The highest BCUT2D eigenvalue weighted by Gasteiger charge is 2.36. The van der Waals surface area contributed by atoms with Crippen molar-refractivity contribution in [2.24, 2.45) is 0 Å². The van der Waals surface area contributed by atoms with Gasteiger partial charge in [0.25, 0.3) is 0 Å².